The number of nitrogens with zero attached hydrogens (tertiary/aromatic N) is 2. The van der Waals surface area contributed by atoms with Crippen molar-refractivity contribution in [3.63, 3.8) is 0 Å². The number of fused-ring (bicyclic) bond motifs is 1. The number of carbonyl (C=O) groups is 2. The molecule has 2 aromatic carbocycles. The molecule has 1 atom stereocenters. The predicted octanol–water partition coefficient (Wildman–Crippen LogP) is 4.79. The van der Waals surface area contributed by atoms with Crippen molar-refractivity contribution in [3.05, 3.63) is 76.7 Å². The van der Waals surface area contributed by atoms with E-state index in [0.29, 0.717) is 36.9 Å². The minimum atomic E-state index is -4.42. The third kappa shape index (κ3) is 7.75. The summed E-state index contributed by atoms with van der Waals surface area (Å²) in [7, 11) is 0. The molecular weight excluding hydrogens is 536 g/mol. The van der Waals surface area contributed by atoms with Crippen LogP contribution < -0.4 is 15.4 Å². The van der Waals surface area contributed by atoms with Gasteiger partial charge in [0, 0.05) is 19.0 Å². The number of benzene rings is 2. The topological polar surface area (TPSA) is 85.2 Å². The van der Waals surface area contributed by atoms with Crippen LogP contribution in [-0.2, 0) is 30.6 Å². The second kappa shape index (κ2) is 12.5. The van der Waals surface area contributed by atoms with E-state index in [0.717, 1.165) is 5.56 Å². The summed E-state index contributed by atoms with van der Waals surface area (Å²) in [5, 5.41) is 10.4. The van der Waals surface area contributed by atoms with Crippen molar-refractivity contribution >= 4 is 29.4 Å². The number of ether oxygens (including phenoxy) is 1. The molecule has 1 unspecified atom stereocenters. The molecule has 39 heavy (non-hydrogen) atoms. The second-order valence-corrected chi connectivity index (χ2v) is 10.0. The van der Waals surface area contributed by atoms with Crippen LogP contribution in [0.1, 0.15) is 33.6 Å². The summed E-state index contributed by atoms with van der Waals surface area (Å²) in [5.41, 5.74) is 2.09. The van der Waals surface area contributed by atoms with E-state index in [9.17, 15) is 27.2 Å². The van der Waals surface area contributed by atoms with Crippen LogP contribution in [0, 0.1) is 5.82 Å². The molecule has 0 radical (unpaired) electrons. The lowest BCUT2D eigenvalue weighted by molar-refractivity contribution is -0.153. The number of hydrogen-bond donors (Lipinski definition) is 2. The molecule has 7 nitrogen and oxygen atoms in total. The fraction of sp³-hybridized carbons (Fsp3) is 0.370. The predicted molar refractivity (Wildman–Crippen MR) is 141 cm³/mol. The van der Waals surface area contributed by atoms with Gasteiger partial charge in [0.05, 0.1) is 11.4 Å². The van der Waals surface area contributed by atoms with Crippen LogP contribution in [0.15, 0.2) is 48.5 Å². The molecule has 0 spiro atoms. The minimum absolute atomic E-state index is 0.124. The standard InChI is InChI=1S/C27H28F4N4O3S/c1-39-15-23(36)33-25-24-22(34-35(25)12-11-18-6-2-3-8-21(18)28)14-19(32-26(24)37)10-9-17-5-4-7-20(13-17)38-16-27(29,30)31/h2-8,13,19H,9-12,14-16H2,1H3,(H,32,37)(H,33,36). The van der Waals surface area contributed by atoms with Crippen molar-refractivity contribution in [2.24, 2.45) is 0 Å². The number of aryl methyl sites for hydroxylation is 3. The largest absolute Gasteiger partial charge is 0.484 e. The van der Waals surface area contributed by atoms with Crippen LogP contribution in [0.3, 0.4) is 0 Å². The van der Waals surface area contributed by atoms with Crippen LogP contribution >= 0.6 is 11.8 Å². The number of anilines is 1. The fourth-order valence-electron chi connectivity index (χ4n) is 4.42. The molecule has 3 aromatic rings. The lowest BCUT2D eigenvalue weighted by Gasteiger charge is -2.23. The number of alkyl halides is 3. The number of carbonyl (C=O) groups excluding carboxylic acids is 2. The molecule has 12 heteroatoms. The molecule has 2 amide bonds. The lowest BCUT2D eigenvalue weighted by Crippen LogP contribution is -2.41. The Kier molecular flexibility index (Phi) is 9.16. The number of aromatic nitrogens is 2. The first kappa shape index (κ1) is 28.5. The first-order chi connectivity index (χ1) is 18.6. The lowest BCUT2D eigenvalue weighted by atomic mass is 9.96. The highest BCUT2D eigenvalue weighted by atomic mass is 32.2. The van der Waals surface area contributed by atoms with Crippen molar-refractivity contribution in [1.29, 1.82) is 0 Å². The Balaban J connectivity index is 1.47. The molecule has 0 bridgehead atoms. The van der Waals surface area contributed by atoms with Gasteiger partial charge in [0.2, 0.25) is 5.91 Å². The highest BCUT2D eigenvalue weighted by molar-refractivity contribution is 7.99. The first-order valence-electron chi connectivity index (χ1n) is 12.3. The molecule has 4 rings (SSSR count). The molecule has 1 aliphatic rings. The quantitative estimate of drug-likeness (QED) is 0.327. The third-order valence-corrected chi connectivity index (χ3v) is 6.74. The van der Waals surface area contributed by atoms with Gasteiger partial charge in [-0.15, -0.1) is 0 Å². The Bertz CT molecular complexity index is 1330. The summed E-state index contributed by atoms with van der Waals surface area (Å²) in [4.78, 5) is 25.5. The van der Waals surface area contributed by atoms with E-state index in [2.05, 4.69) is 15.7 Å². The van der Waals surface area contributed by atoms with Gasteiger partial charge in [-0.2, -0.15) is 30.0 Å². The maximum absolute atomic E-state index is 14.2. The van der Waals surface area contributed by atoms with Crippen molar-refractivity contribution in [1.82, 2.24) is 15.1 Å². The Morgan fingerprint density at radius 1 is 1.21 bits per heavy atom. The van der Waals surface area contributed by atoms with Gasteiger partial charge in [0.15, 0.2) is 6.61 Å². The Morgan fingerprint density at radius 2 is 2.00 bits per heavy atom. The highest BCUT2D eigenvalue weighted by Gasteiger charge is 2.32. The van der Waals surface area contributed by atoms with Gasteiger partial charge in [-0.3, -0.25) is 9.59 Å². The third-order valence-electron chi connectivity index (χ3n) is 6.19. The summed E-state index contributed by atoms with van der Waals surface area (Å²) in [5.74, 6) is -0.388. The number of halogens is 4. The van der Waals surface area contributed by atoms with E-state index in [1.807, 2.05) is 0 Å². The normalized spacial score (nSPS) is 15.0. The van der Waals surface area contributed by atoms with Crippen LogP contribution in [0.25, 0.3) is 0 Å². The zero-order valence-electron chi connectivity index (χ0n) is 21.2. The smallest absolute Gasteiger partial charge is 0.422 e. The average Bonchev–Trinajstić information content (AvgIpc) is 3.23. The van der Waals surface area contributed by atoms with Crippen LogP contribution in [-0.4, -0.2) is 52.4 Å². The molecule has 0 fully saturated rings. The molecular formula is C27H28F4N4O3S. The van der Waals surface area contributed by atoms with E-state index in [-0.39, 0.29) is 53.1 Å². The molecule has 1 aliphatic heterocycles. The van der Waals surface area contributed by atoms with Crippen LogP contribution in [0.2, 0.25) is 0 Å². The Labute approximate surface area is 227 Å². The van der Waals surface area contributed by atoms with Gasteiger partial charge in [-0.1, -0.05) is 30.3 Å². The molecule has 2 N–H and O–H groups in total. The summed E-state index contributed by atoms with van der Waals surface area (Å²) in [6.45, 7) is -1.11. The van der Waals surface area contributed by atoms with E-state index in [1.165, 1.54) is 23.9 Å². The number of rotatable bonds is 11. The van der Waals surface area contributed by atoms with E-state index in [4.69, 9.17) is 4.74 Å². The molecule has 208 valence electrons. The maximum atomic E-state index is 14.2. The molecule has 2 heterocycles. The van der Waals surface area contributed by atoms with Gasteiger partial charge in [0.25, 0.3) is 5.91 Å². The maximum Gasteiger partial charge on any atom is 0.422 e. The summed E-state index contributed by atoms with van der Waals surface area (Å²) in [6.07, 6.45) is -0.898. The zero-order valence-corrected chi connectivity index (χ0v) is 22.0. The summed E-state index contributed by atoms with van der Waals surface area (Å²) < 4.78 is 57.9. The highest BCUT2D eigenvalue weighted by Crippen LogP contribution is 2.27. The van der Waals surface area contributed by atoms with Gasteiger partial charge in [-0.05, 0) is 54.8 Å². The number of nitrogens with one attached hydrogen (secondary N) is 2. The average molecular weight is 565 g/mol. The van der Waals surface area contributed by atoms with Gasteiger partial charge in [0.1, 0.15) is 22.9 Å². The van der Waals surface area contributed by atoms with Crippen molar-refractivity contribution in [2.45, 2.75) is 44.4 Å². The van der Waals surface area contributed by atoms with Crippen molar-refractivity contribution in [2.75, 3.05) is 23.9 Å². The number of thioether (sulfide) groups is 1. The Morgan fingerprint density at radius 3 is 2.74 bits per heavy atom. The van der Waals surface area contributed by atoms with Gasteiger partial charge < -0.3 is 15.4 Å². The minimum Gasteiger partial charge on any atom is -0.484 e. The second-order valence-electron chi connectivity index (χ2n) is 9.18. The zero-order chi connectivity index (χ0) is 28.0. The molecule has 1 aromatic heterocycles. The molecule has 0 saturated carbocycles. The van der Waals surface area contributed by atoms with E-state index in [1.54, 1.807) is 47.3 Å². The van der Waals surface area contributed by atoms with Crippen molar-refractivity contribution < 1.29 is 31.9 Å². The summed E-state index contributed by atoms with van der Waals surface area (Å²) >= 11 is 1.34. The monoisotopic (exact) mass is 564 g/mol. The van der Waals surface area contributed by atoms with Gasteiger partial charge in [-0.25, -0.2) is 9.07 Å². The molecule has 0 saturated heterocycles. The van der Waals surface area contributed by atoms with Crippen LogP contribution in [0.5, 0.6) is 5.75 Å². The number of amides is 2. The first-order valence-corrected chi connectivity index (χ1v) is 13.7. The van der Waals surface area contributed by atoms with E-state index >= 15 is 0 Å². The van der Waals surface area contributed by atoms with Crippen LogP contribution in [0.4, 0.5) is 23.4 Å². The van der Waals surface area contributed by atoms with Crippen molar-refractivity contribution in [3.8, 4) is 5.75 Å². The Hall–Kier alpha value is -3.54. The van der Waals surface area contributed by atoms with E-state index < -0.39 is 12.8 Å². The molecule has 0 aliphatic carbocycles. The van der Waals surface area contributed by atoms with Gasteiger partial charge >= 0.3 is 6.18 Å². The summed E-state index contributed by atoms with van der Waals surface area (Å²) in [6, 6.07) is 12.6. The number of hydrogen-bond acceptors (Lipinski definition) is 5. The fourth-order valence-corrected chi connectivity index (χ4v) is 4.76. The SMILES string of the molecule is CSCC(=O)Nc1c2c(nn1CCc1ccccc1F)CC(CCc1cccc(OCC(F)(F)F)c1)NC2=O.